The summed E-state index contributed by atoms with van der Waals surface area (Å²) in [7, 11) is 0. The average Bonchev–Trinajstić information content (AvgIpc) is 2.90. The molecule has 1 saturated carbocycles. The van der Waals surface area contributed by atoms with Crippen LogP contribution in [0, 0.1) is 5.92 Å². The summed E-state index contributed by atoms with van der Waals surface area (Å²) < 4.78 is 1.10. The maximum atomic E-state index is 4.42. The van der Waals surface area contributed by atoms with Gasteiger partial charge < -0.3 is 0 Å². The SMILES string of the molecule is CC1CCC(c2nnc(-c3ccc(Br)cc3)s2)CC1. The number of halogens is 1. The molecule has 0 spiro atoms. The molecule has 1 heterocycles. The second-order valence-corrected chi connectivity index (χ2v) is 7.33. The van der Waals surface area contributed by atoms with Gasteiger partial charge in [0.05, 0.1) is 0 Å². The van der Waals surface area contributed by atoms with E-state index in [0.717, 1.165) is 21.0 Å². The normalized spacial score (nSPS) is 23.5. The molecular weight excluding hydrogens is 320 g/mol. The summed E-state index contributed by atoms with van der Waals surface area (Å²) in [5.41, 5.74) is 1.16. The lowest BCUT2D eigenvalue weighted by atomic mass is 9.83. The number of benzene rings is 1. The highest BCUT2D eigenvalue weighted by atomic mass is 79.9. The highest BCUT2D eigenvalue weighted by Crippen LogP contribution is 2.38. The summed E-state index contributed by atoms with van der Waals surface area (Å²) in [6.07, 6.45) is 5.21. The second-order valence-electron chi connectivity index (χ2n) is 5.41. The van der Waals surface area contributed by atoms with Crippen molar-refractivity contribution >= 4 is 27.3 Å². The van der Waals surface area contributed by atoms with E-state index < -0.39 is 0 Å². The van der Waals surface area contributed by atoms with E-state index in [9.17, 15) is 0 Å². The fourth-order valence-corrected chi connectivity index (χ4v) is 3.90. The largest absolute Gasteiger partial charge is 0.147 e. The van der Waals surface area contributed by atoms with Gasteiger partial charge in [0.2, 0.25) is 0 Å². The highest BCUT2D eigenvalue weighted by Gasteiger charge is 2.23. The molecule has 1 aromatic carbocycles. The van der Waals surface area contributed by atoms with Crippen molar-refractivity contribution in [1.82, 2.24) is 10.2 Å². The summed E-state index contributed by atoms with van der Waals surface area (Å²) in [4.78, 5) is 0. The molecule has 0 radical (unpaired) electrons. The van der Waals surface area contributed by atoms with E-state index in [1.807, 2.05) is 0 Å². The zero-order chi connectivity index (χ0) is 13.2. The molecule has 1 aliphatic carbocycles. The van der Waals surface area contributed by atoms with Gasteiger partial charge in [-0.3, -0.25) is 0 Å². The molecule has 2 nitrogen and oxygen atoms in total. The van der Waals surface area contributed by atoms with Crippen LogP contribution in [0.3, 0.4) is 0 Å². The van der Waals surface area contributed by atoms with Crippen LogP contribution >= 0.6 is 27.3 Å². The molecule has 100 valence electrons. The van der Waals surface area contributed by atoms with E-state index in [0.29, 0.717) is 5.92 Å². The molecule has 0 bridgehead atoms. The molecule has 19 heavy (non-hydrogen) atoms. The van der Waals surface area contributed by atoms with Gasteiger partial charge in [-0.25, -0.2) is 0 Å². The average molecular weight is 337 g/mol. The lowest BCUT2D eigenvalue weighted by Gasteiger charge is -2.23. The fraction of sp³-hybridized carbons (Fsp3) is 0.467. The summed E-state index contributed by atoms with van der Waals surface area (Å²) in [6, 6.07) is 8.30. The van der Waals surface area contributed by atoms with Crippen LogP contribution in [0.2, 0.25) is 0 Å². The van der Waals surface area contributed by atoms with Crippen LogP contribution in [0.15, 0.2) is 28.7 Å². The van der Waals surface area contributed by atoms with Crippen LogP contribution in [-0.4, -0.2) is 10.2 Å². The summed E-state index contributed by atoms with van der Waals surface area (Å²) in [5.74, 6) is 1.52. The Kier molecular flexibility index (Phi) is 3.99. The first-order valence-electron chi connectivity index (χ1n) is 6.81. The van der Waals surface area contributed by atoms with Gasteiger partial charge in [-0.2, -0.15) is 0 Å². The third-order valence-corrected chi connectivity index (χ3v) is 5.56. The Balaban J connectivity index is 1.77. The molecule has 1 aliphatic rings. The number of nitrogens with zero attached hydrogens (tertiary/aromatic N) is 2. The first-order valence-corrected chi connectivity index (χ1v) is 8.42. The zero-order valence-corrected chi connectivity index (χ0v) is 13.4. The van der Waals surface area contributed by atoms with Crippen molar-refractivity contribution in [2.24, 2.45) is 5.92 Å². The second kappa shape index (κ2) is 5.71. The Morgan fingerprint density at radius 3 is 2.42 bits per heavy atom. The van der Waals surface area contributed by atoms with Crippen LogP contribution in [0.5, 0.6) is 0 Å². The maximum Gasteiger partial charge on any atom is 0.147 e. The maximum absolute atomic E-state index is 4.42. The van der Waals surface area contributed by atoms with Gasteiger partial charge in [0.15, 0.2) is 0 Å². The van der Waals surface area contributed by atoms with Crippen molar-refractivity contribution in [3.8, 4) is 10.6 Å². The number of hydrogen-bond acceptors (Lipinski definition) is 3. The molecule has 2 aromatic rings. The molecule has 0 aliphatic heterocycles. The van der Waals surface area contributed by atoms with Crippen LogP contribution in [0.25, 0.3) is 10.6 Å². The molecule has 0 amide bonds. The van der Waals surface area contributed by atoms with Gasteiger partial charge in [0, 0.05) is 16.0 Å². The summed E-state index contributed by atoms with van der Waals surface area (Å²) >= 11 is 5.22. The van der Waals surface area contributed by atoms with Crippen molar-refractivity contribution in [3.05, 3.63) is 33.7 Å². The molecule has 0 saturated heterocycles. The zero-order valence-electron chi connectivity index (χ0n) is 11.0. The van der Waals surface area contributed by atoms with Crippen molar-refractivity contribution < 1.29 is 0 Å². The topological polar surface area (TPSA) is 25.8 Å². The quantitative estimate of drug-likeness (QED) is 0.747. The minimum atomic E-state index is 0.637. The van der Waals surface area contributed by atoms with E-state index in [4.69, 9.17) is 0 Å². The predicted octanol–water partition coefficient (Wildman–Crippen LogP) is 5.26. The Morgan fingerprint density at radius 2 is 1.74 bits per heavy atom. The Hall–Kier alpha value is -0.740. The van der Waals surface area contributed by atoms with E-state index in [2.05, 4.69) is 57.3 Å². The van der Waals surface area contributed by atoms with Gasteiger partial charge in [-0.05, 0) is 30.9 Å². The predicted molar refractivity (Wildman–Crippen MR) is 83.4 cm³/mol. The van der Waals surface area contributed by atoms with Crippen molar-refractivity contribution in [2.75, 3.05) is 0 Å². The van der Waals surface area contributed by atoms with Gasteiger partial charge >= 0.3 is 0 Å². The van der Waals surface area contributed by atoms with Crippen LogP contribution < -0.4 is 0 Å². The Bertz CT molecular complexity index is 542. The summed E-state index contributed by atoms with van der Waals surface area (Å²) in [5, 5.41) is 11.1. The van der Waals surface area contributed by atoms with Gasteiger partial charge in [0.1, 0.15) is 10.0 Å². The molecule has 1 fully saturated rings. The molecule has 0 atom stereocenters. The molecule has 0 unspecified atom stereocenters. The molecular formula is C15H17BrN2S. The van der Waals surface area contributed by atoms with Crippen LogP contribution in [0.4, 0.5) is 0 Å². The molecule has 0 N–H and O–H groups in total. The van der Waals surface area contributed by atoms with Gasteiger partial charge in [-0.1, -0.05) is 59.2 Å². The van der Waals surface area contributed by atoms with Gasteiger partial charge in [0.25, 0.3) is 0 Å². The number of rotatable bonds is 2. The van der Waals surface area contributed by atoms with Crippen LogP contribution in [0.1, 0.15) is 43.5 Å². The number of hydrogen-bond donors (Lipinski definition) is 0. The Morgan fingerprint density at radius 1 is 1.05 bits per heavy atom. The lowest BCUT2D eigenvalue weighted by molar-refractivity contribution is 0.346. The molecule has 1 aromatic heterocycles. The third-order valence-electron chi connectivity index (χ3n) is 3.90. The van der Waals surface area contributed by atoms with E-state index in [1.165, 1.54) is 30.7 Å². The summed E-state index contributed by atoms with van der Waals surface area (Å²) in [6.45, 7) is 2.35. The molecule has 4 heteroatoms. The first-order chi connectivity index (χ1) is 9.22. The minimum absolute atomic E-state index is 0.637. The van der Waals surface area contributed by atoms with Crippen molar-refractivity contribution in [3.63, 3.8) is 0 Å². The number of aromatic nitrogens is 2. The third kappa shape index (κ3) is 3.06. The van der Waals surface area contributed by atoms with Crippen molar-refractivity contribution in [2.45, 2.75) is 38.5 Å². The van der Waals surface area contributed by atoms with Crippen LogP contribution in [-0.2, 0) is 0 Å². The van der Waals surface area contributed by atoms with Gasteiger partial charge in [-0.15, -0.1) is 10.2 Å². The monoisotopic (exact) mass is 336 g/mol. The fourth-order valence-electron chi connectivity index (χ4n) is 2.62. The van der Waals surface area contributed by atoms with E-state index >= 15 is 0 Å². The van der Waals surface area contributed by atoms with E-state index in [1.54, 1.807) is 11.3 Å². The standard InChI is InChI=1S/C15H17BrN2S/c1-10-2-4-11(5-3-10)14-17-18-15(19-14)12-6-8-13(16)9-7-12/h6-11H,2-5H2,1H3. The first kappa shape index (κ1) is 13.3. The lowest BCUT2D eigenvalue weighted by Crippen LogP contribution is -2.10. The highest BCUT2D eigenvalue weighted by molar-refractivity contribution is 9.10. The van der Waals surface area contributed by atoms with E-state index in [-0.39, 0.29) is 0 Å². The smallest absolute Gasteiger partial charge is 0.143 e. The van der Waals surface area contributed by atoms with Crippen molar-refractivity contribution in [1.29, 1.82) is 0 Å². The Labute approximate surface area is 126 Å². The minimum Gasteiger partial charge on any atom is -0.143 e. The molecule has 3 rings (SSSR count).